The van der Waals surface area contributed by atoms with Gasteiger partial charge in [0.2, 0.25) is 0 Å². The van der Waals surface area contributed by atoms with Gasteiger partial charge in [0, 0.05) is 27.0 Å². The third kappa shape index (κ3) is 6.49. The van der Waals surface area contributed by atoms with Gasteiger partial charge in [-0.2, -0.15) is 0 Å². The Bertz CT molecular complexity index is 1610. The molecule has 1 amide bonds. The van der Waals surface area contributed by atoms with E-state index in [2.05, 4.69) is 66.0 Å². The topological polar surface area (TPSA) is 88.8 Å². The molecule has 6 nitrogen and oxygen atoms in total. The average molecular weight is 554 g/mol. The first-order valence-corrected chi connectivity index (χ1v) is 14.4. The van der Waals surface area contributed by atoms with Gasteiger partial charge in [0.15, 0.2) is 0 Å². The quantitative estimate of drug-likeness (QED) is 0.126. The smallest absolute Gasteiger partial charge is 0.407 e. The van der Waals surface area contributed by atoms with Gasteiger partial charge in [0.05, 0.1) is 19.1 Å². The van der Waals surface area contributed by atoms with Gasteiger partial charge in [-0.05, 0) is 41.3 Å². The molecule has 0 saturated heterocycles. The van der Waals surface area contributed by atoms with E-state index in [-0.39, 0.29) is 6.42 Å². The second-order valence-electron chi connectivity index (χ2n) is 9.62. The maximum absolute atomic E-state index is 12.0. The number of carboxylic acids is 1. The SMILES string of the molecule is CCCCOC(=O)NC(CSc1ccc(-c2ccc(-c3cccc4c3oc3ccccc34)cc2)cc1)CC(=O)O. The van der Waals surface area contributed by atoms with Crippen molar-refractivity contribution in [2.24, 2.45) is 0 Å². The van der Waals surface area contributed by atoms with Crippen molar-refractivity contribution in [1.29, 1.82) is 0 Å². The van der Waals surface area contributed by atoms with Gasteiger partial charge < -0.3 is 19.6 Å². The Labute approximate surface area is 237 Å². The van der Waals surface area contributed by atoms with Gasteiger partial charge >= 0.3 is 12.1 Å². The molecule has 1 aromatic heterocycles. The van der Waals surface area contributed by atoms with Crippen molar-refractivity contribution in [3.8, 4) is 22.3 Å². The van der Waals surface area contributed by atoms with E-state index < -0.39 is 18.1 Å². The van der Waals surface area contributed by atoms with Crippen molar-refractivity contribution in [3.63, 3.8) is 0 Å². The van der Waals surface area contributed by atoms with Crippen LogP contribution in [0.4, 0.5) is 4.79 Å². The van der Waals surface area contributed by atoms with E-state index in [1.165, 1.54) is 11.8 Å². The lowest BCUT2D eigenvalue weighted by molar-refractivity contribution is -0.137. The van der Waals surface area contributed by atoms with Crippen LogP contribution in [0.2, 0.25) is 0 Å². The maximum Gasteiger partial charge on any atom is 0.407 e. The minimum Gasteiger partial charge on any atom is -0.481 e. The van der Waals surface area contributed by atoms with Crippen LogP contribution in [0.25, 0.3) is 44.2 Å². The molecule has 0 aliphatic carbocycles. The molecule has 0 spiro atoms. The Hall–Kier alpha value is -4.23. The highest BCUT2D eigenvalue weighted by Gasteiger charge is 2.17. The number of carbonyl (C=O) groups excluding carboxylic acids is 1. The molecule has 5 rings (SSSR count). The second kappa shape index (κ2) is 12.7. The predicted molar refractivity (Wildman–Crippen MR) is 161 cm³/mol. The first-order chi connectivity index (χ1) is 19.5. The molecule has 1 unspecified atom stereocenters. The molecule has 0 aliphatic rings. The molecule has 0 aliphatic heterocycles. The fourth-order valence-corrected chi connectivity index (χ4v) is 5.56. The molecular formula is C33H31NO5S. The number of carbonyl (C=O) groups is 2. The van der Waals surface area contributed by atoms with Gasteiger partial charge in [-0.15, -0.1) is 11.8 Å². The van der Waals surface area contributed by atoms with Crippen LogP contribution >= 0.6 is 11.8 Å². The summed E-state index contributed by atoms with van der Waals surface area (Å²) >= 11 is 1.50. The average Bonchev–Trinajstić information content (AvgIpc) is 3.35. The Morgan fingerprint density at radius 1 is 0.875 bits per heavy atom. The number of hydrogen-bond acceptors (Lipinski definition) is 5. The minimum absolute atomic E-state index is 0.165. The molecule has 0 radical (unpaired) electrons. The second-order valence-corrected chi connectivity index (χ2v) is 10.7. The number of carboxylic acid groups (broad SMARTS) is 1. The molecular weight excluding hydrogens is 522 g/mol. The molecule has 4 aromatic carbocycles. The summed E-state index contributed by atoms with van der Waals surface area (Å²) in [6, 6.07) is 30.4. The van der Waals surface area contributed by atoms with Crippen molar-refractivity contribution < 1.29 is 23.8 Å². The van der Waals surface area contributed by atoms with Crippen LogP contribution in [-0.2, 0) is 9.53 Å². The fourth-order valence-electron chi connectivity index (χ4n) is 4.64. The van der Waals surface area contributed by atoms with E-state index >= 15 is 0 Å². The molecule has 0 saturated carbocycles. The highest BCUT2D eigenvalue weighted by atomic mass is 32.2. The number of nitrogens with one attached hydrogen (secondary N) is 1. The summed E-state index contributed by atoms with van der Waals surface area (Å²) in [4.78, 5) is 24.3. The van der Waals surface area contributed by atoms with E-state index in [4.69, 9.17) is 9.15 Å². The van der Waals surface area contributed by atoms with E-state index in [9.17, 15) is 14.7 Å². The summed E-state index contributed by atoms with van der Waals surface area (Å²) in [5.41, 5.74) is 6.10. The number of amides is 1. The number of furan rings is 1. The van der Waals surface area contributed by atoms with Gasteiger partial charge in [0.1, 0.15) is 11.2 Å². The van der Waals surface area contributed by atoms with Crippen molar-refractivity contribution in [3.05, 3.63) is 91.0 Å². The lowest BCUT2D eigenvalue weighted by Gasteiger charge is -2.16. The van der Waals surface area contributed by atoms with Crippen molar-refractivity contribution in [2.45, 2.75) is 37.1 Å². The largest absolute Gasteiger partial charge is 0.481 e. The van der Waals surface area contributed by atoms with Crippen LogP contribution in [0.15, 0.2) is 100 Å². The minimum atomic E-state index is -0.963. The van der Waals surface area contributed by atoms with Crippen molar-refractivity contribution >= 4 is 45.8 Å². The Kier molecular flexibility index (Phi) is 8.71. The van der Waals surface area contributed by atoms with Crippen LogP contribution < -0.4 is 5.32 Å². The number of aliphatic carboxylic acids is 1. The molecule has 40 heavy (non-hydrogen) atoms. The number of hydrogen-bond donors (Lipinski definition) is 2. The van der Waals surface area contributed by atoms with Crippen LogP contribution in [0, 0.1) is 0 Å². The fraction of sp³-hybridized carbons (Fsp3) is 0.212. The predicted octanol–water partition coefficient (Wildman–Crippen LogP) is 8.38. The number of alkyl carbamates (subject to hydrolysis) is 1. The molecule has 1 atom stereocenters. The molecule has 0 fully saturated rings. The van der Waals surface area contributed by atoms with E-state index in [0.717, 1.165) is 61.9 Å². The highest BCUT2D eigenvalue weighted by molar-refractivity contribution is 7.99. The zero-order chi connectivity index (χ0) is 27.9. The number of ether oxygens (including phenoxy) is 1. The summed E-state index contributed by atoms with van der Waals surface area (Å²) in [5, 5.41) is 14.2. The molecule has 1 heterocycles. The standard InChI is InChI=1S/C33H31NO5S/c1-2-3-19-38-33(37)34-25(20-31(35)36)21-40-26-17-15-23(16-18-26)22-11-13-24(14-12-22)27-8-6-9-29-28-7-4-5-10-30(28)39-32(27)29/h4-18,25H,2-3,19-21H2,1H3,(H,34,37)(H,35,36). The highest BCUT2D eigenvalue weighted by Crippen LogP contribution is 2.36. The number of thioether (sulfide) groups is 1. The van der Waals surface area contributed by atoms with Gasteiger partial charge in [0.25, 0.3) is 0 Å². The lowest BCUT2D eigenvalue weighted by atomic mass is 9.99. The number of fused-ring (bicyclic) bond motifs is 3. The number of para-hydroxylation sites is 2. The Balaban J connectivity index is 1.25. The monoisotopic (exact) mass is 553 g/mol. The normalized spacial score (nSPS) is 11.9. The Morgan fingerprint density at radius 2 is 1.55 bits per heavy atom. The summed E-state index contributed by atoms with van der Waals surface area (Å²) in [6.45, 7) is 2.34. The van der Waals surface area contributed by atoms with E-state index in [0.29, 0.717) is 12.4 Å². The lowest BCUT2D eigenvalue weighted by Crippen LogP contribution is -2.38. The Morgan fingerprint density at radius 3 is 2.27 bits per heavy atom. The van der Waals surface area contributed by atoms with Crippen LogP contribution in [0.1, 0.15) is 26.2 Å². The van der Waals surface area contributed by atoms with Crippen LogP contribution in [0.5, 0.6) is 0 Å². The van der Waals surface area contributed by atoms with E-state index in [1.54, 1.807) is 0 Å². The van der Waals surface area contributed by atoms with Crippen LogP contribution in [-0.4, -0.2) is 35.6 Å². The maximum atomic E-state index is 12.0. The first kappa shape index (κ1) is 27.3. The molecule has 5 aromatic rings. The molecule has 0 bridgehead atoms. The third-order valence-corrected chi connectivity index (χ3v) is 7.89. The summed E-state index contributed by atoms with van der Waals surface area (Å²) in [6.07, 6.45) is 0.955. The third-order valence-electron chi connectivity index (χ3n) is 6.71. The zero-order valence-corrected chi connectivity index (χ0v) is 23.1. The summed E-state index contributed by atoms with van der Waals surface area (Å²) < 4.78 is 11.3. The van der Waals surface area contributed by atoms with Gasteiger partial charge in [-0.1, -0.05) is 86.1 Å². The molecule has 7 heteroatoms. The zero-order valence-electron chi connectivity index (χ0n) is 22.3. The van der Waals surface area contributed by atoms with Gasteiger partial charge in [-0.3, -0.25) is 4.79 Å². The van der Waals surface area contributed by atoms with Crippen LogP contribution in [0.3, 0.4) is 0 Å². The summed E-state index contributed by atoms with van der Waals surface area (Å²) in [7, 11) is 0. The van der Waals surface area contributed by atoms with Gasteiger partial charge in [-0.25, -0.2) is 4.79 Å². The van der Waals surface area contributed by atoms with E-state index in [1.807, 2.05) is 37.3 Å². The first-order valence-electron chi connectivity index (χ1n) is 13.4. The summed E-state index contributed by atoms with van der Waals surface area (Å²) in [5.74, 6) is -0.536. The number of benzene rings is 4. The molecule has 2 N–H and O–H groups in total. The number of unbranched alkanes of at least 4 members (excludes halogenated alkanes) is 1. The number of rotatable bonds is 11. The van der Waals surface area contributed by atoms with Crippen molar-refractivity contribution in [1.82, 2.24) is 5.32 Å². The van der Waals surface area contributed by atoms with Crippen molar-refractivity contribution in [2.75, 3.05) is 12.4 Å². The molecule has 204 valence electrons.